The van der Waals surface area contributed by atoms with Gasteiger partial charge in [-0.3, -0.25) is 0 Å². The van der Waals surface area contributed by atoms with Gasteiger partial charge in [-0.05, 0) is 63.4 Å². The summed E-state index contributed by atoms with van der Waals surface area (Å²) in [5.41, 5.74) is 0. The summed E-state index contributed by atoms with van der Waals surface area (Å²) in [6, 6.07) is 0. The lowest BCUT2D eigenvalue weighted by Crippen LogP contribution is -2.52. The second-order valence-corrected chi connectivity index (χ2v) is 10.8. The van der Waals surface area contributed by atoms with Gasteiger partial charge < -0.3 is 5.11 Å². The van der Waals surface area contributed by atoms with Gasteiger partial charge in [0.05, 0.1) is 5.16 Å². The highest BCUT2D eigenvalue weighted by Gasteiger charge is 2.61. The lowest BCUT2D eigenvalue weighted by molar-refractivity contribution is -0.134. The first-order chi connectivity index (χ1) is 7.90. The van der Waals surface area contributed by atoms with Gasteiger partial charge in [-0.2, -0.15) is 0 Å². The van der Waals surface area contributed by atoms with Gasteiger partial charge in [0.2, 0.25) is 0 Å². The van der Waals surface area contributed by atoms with Crippen molar-refractivity contribution in [3.05, 3.63) is 0 Å². The topological polar surface area (TPSA) is 37.3 Å². The van der Waals surface area contributed by atoms with Crippen LogP contribution < -0.4 is 0 Å². The Morgan fingerprint density at radius 2 is 1.65 bits per heavy atom. The minimum atomic E-state index is -1.80. The van der Waals surface area contributed by atoms with E-state index in [1.165, 1.54) is 38.5 Å². The molecule has 1 atom stereocenters. The molecule has 4 saturated carbocycles. The van der Waals surface area contributed by atoms with Crippen molar-refractivity contribution < 1.29 is 9.90 Å². The predicted octanol–water partition coefficient (Wildman–Crippen LogP) is 2.77. The van der Waals surface area contributed by atoms with Crippen molar-refractivity contribution in [1.29, 1.82) is 0 Å². The molecule has 0 heterocycles. The normalized spacial score (nSPS) is 46.8. The zero-order valence-electron chi connectivity index (χ0n) is 10.6. The number of carboxylic acids is 1. The van der Waals surface area contributed by atoms with Crippen molar-refractivity contribution in [2.75, 3.05) is 12.8 Å². The van der Waals surface area contributed by atoms with E-state index in [2.05, 4.69) is 6.66 Å². The van der Waals surface area contributed by atoms with Gasteiger partial charge in [0, 0.05) is 6.66 Å². The van der Waals surface area contributed by atoms with E-state index in [1.54, 1.807) is 0 Å². The molecule has 0 aromatic rings. The number of carboxylic acid groups (broad SMARTS) is 1. The van der Waals surface area contributed by atoms with Crippen LogP contribution in [0.25, 0.3) is 0 Å². The molecule has 0 saturated heterocycles. The SMILES string of the molecule is [B][P+](C)(CC(=O)O)C12CC3CC(CC(C3)C1)C2. The molecule has 2 radical (unpaired) electrons. The maximum Gasteiger partial charge on any atom is 0.366 e. The summed E-state index contributed by atoms with van der Waals surface area (Å²) in [7, 11) is 4.75. The molecule has 4 fully saturated rings. The van der Waals surface area contributed by atoms with Crippen LogP contribution in [0.5, 0.6) is 0 Å². The smallest absolute Gasteiger partial charge is 0.366 e. The largest absolute Gasteiger partial charge is 0.479 e. The summed E-state index contributed by atoms with van der Waals surface area (Å²) >= 11 is 0. The van der Waals surface area contributed by atoms with Gasteiger partial charge in [0.25, 0.3) is 0 Å². The highest BCUT2D eigenvalue weighted by molar-refractivity contribution is 7.98. The van der Waals surface area contributed by atoms with Crippen LogP contribution in [0, 0.1) is 17.8 Å². The molecule has 17 heavy (non-hydrogen) atoms. The van der Waals surface area contributed by atoms with E-state index in [4.69, 9.17) is 12.7 Å². The van der Waals surface area contributed by atoms with Gasteiger partial charge in [0.1, 0.15) is 6.16 Å². The second-order valence-electron chi connectivity index (χ2n) is 6.96. The van der Waals surface area contributed by atoms with Crippen molar-refractivity contribution in [2.24, 2.45) is 17.8 Å². The molecule has 0 aliphatic heterocycles. The Morgan fingerprint density at radius 1 is 1.24 bits per heavy atom. The Bertz CT molecular complexity index is 318. The maximum atomic E-state index is 11.1. The van der Waals surface area contributed by atoms with Crippen molar-refractivity contribution in [2.45, 2.75) is 43.7 Å². The number of hydrogen-bond acceptors (Lipinski definition) is 1. The van der Waals surface area contributed by atoms with E-state index in [0.717, 1.165) is 17.8 Å². The molecule has 1 unspecified atom stereocenters. The van der Waals surface area contributed by atoms with Crippen LogP contribution in [-0.4, -0.2) is 36.6 Å². The Hall–Kier alpha value is -0.0351. The molecule has 0 spiro atoms. The first kappa shape index (κ1) is 12.0. The highest BCUT2D eigenvalue weighted by Crippen LogP contribution is 2.74. The molecule has 4 rings (SSSR count). The van der Waals surface area contributed by atoms with E-state index in [1.807, 2.05) is 0 Å². The molecular formula is C13H21BO2P+. The lowest BCUT2D eigenvalue weighted by Gasteiger charge is -2.58. The standard InChI is InChI=1S/C13H21BO2P/c1-17(14,8-12(15)16)13-5-9-2-10(6-13)4-11(3-9)7-13/h9-11H,2-8H2,1H3,(H,15,16)/q+1. The summed E-state index contributed by atoms with van der Waals surface area (Å²) in [5.74, 6) is 1.88. The van der Waals surface area contributed by atoms with Crippen molar-refractivity contribution in [3.63, 3.8) is 0 Å². The summed E-state index contributed by atoms with van der Waals surface area (Å²) in [4.78, 5) is 11.1. The van der Waals surface area contributed by atoms with Crippen molar-refractivity contribution >= 4 is 20.7 Å². The van der Waals surface area contributed by atoms with E-state index < -0.39 is 13.1 Å². The fourth-order valence-electron chi connectivity index (χ4n) is 5.14. The number of aliphatic carboxylic acids is 1. The minimum absolute atomic E-state index is 0.235. The van der Waals surface area contributed by atoms with Gasteiger partial charge in [-0.1, -0.05) is 0 Å². The van der Waals surface area contributed by atoms with Crippen LogP contribution in [0.2, 0.25) is 0 Å². The first-order valence-corrected chi connectivity index (χ1v) is 9.25. The number of rotatable bonds is 3. The third-order valence-corrected chi connectivity index (χ3v) is 9.20. The van der Waals surface area contributed by atoms with Gasteiger partial charge in [-0.15, -0.1) is 0 Å². The zero-order valence-corrected chi connectivity index (χ0v) is 11.5. The molecule has 4 aliphatic rings. The number of carbonyl (C=O) groups is 1. The maximum absolute atomic E-state index is 11.1. The summed E-state index contributed by atoms with van der Waals surface area (Å²) in [6.07, 6.45) is 8.11. The molecule has 4 heteroatoms. The van der Waals surface area contributed by atoms with E-state index in [-0.39, 0.29) is 11.3 Å². The highest BCUT2D eigenvalue weighted by atomic mass is 31.2. The van der Waals surface area contributed by atoms with Gasteiger partial charge in [0.15, 0.2) is 0 Å². The second kappa shape index (κ2) is 3.73. The summed E-state index contributed by atoms with van der Waals surface area (Å²) < 4.78 is 0. The van der Waals surface area contributed by atoms with Crippen LogP contribution >= 0.6 is 7.14 Å². The van der Waals surface area contributed by atoms with Gasteiger partial charge >= 0.3 is 13.5 Å². The molecule has 4 bridgehead atoms. The average Bonchev–Trinajstić information content (AvgIpc) is 2.12. The first-order valence-electron chi connectivity index (χ1n) is 6.76. The third-order valence-electron chi connectivity index (χ3n) is 5.55. The molecule has 4 aliphatic carbocycles. The van der Waals surface area contributed by atoms with Crippen LogP contribution in [0.4, 0.5) is 0 Å². The molecule has 2 nitrogen and oxygen atoms in total. The van der Waals surface area contributed by atoms with Crippen LogP contribution in [0.1, 0.15) is 38.5 Å². The number of hydrogen-bond donors (Lipinski definition) is 1. The van der Waals surface area contributed by atoms with E-state index in [9.17, 15) is 4.79 Å². The summed E-state index contributed by atoms with van der Waals surface area (Å²) in [6.45, 7) is 2.09. The summed E-state index contributed by atoms with van der Waals surface area (Å²) in [5, 5.41) is 9.33. The predicted molar refractivity (Wildman–Crippen MR) is 72.0 cm³/mol. The minimum Gasteiger partial charge on any atom is -0.479 e. The molecular weight excluding hydrogens is 230 g/mol. The van der Waals surface area contributed by atoms with Crippen molar-refractivity contribution in [3.8, 4) is 0 Å². The Morgan fingerprint density at radius 3 is 2.00 bits per heavy atom. The average molecular weight is 251 g/mol. The van der Waals surface area contributed by atoms with Crippen LogP contribution in [-0.2, 0) is 4.79 Å². The Labute approximate surface area is 105 Å². The molecule has 0 amide bonds. The van der Waals surface area contributed by atoms with Crippen molar-refractivity contribution in [1.82, 2.24) is 0 Å². The molecule has 1 N–H and O–H groups in total. The molecule has 0 aromatic carbocycles. The van der Waals surface area contributed by atoms with E-state index >= 15 is 0 Å². The zero-order chi connectivity index (χ0) is 12.3. The van der Waals surface area contributed by atoms with Crippen LogP contribution in [0.15, 0.2) is 0 Å². The fourth-order valence-corrected chi connectivity index (χ4v) is 8.06. The fraction of sp³-hybridized carbons (Fsp3) is 0.923. The quantitative estimate of drug-likeness (QED) is 0.618. The lowest BCUT2D eigenvalue weighted by atomic mass is 9.56. The Kier molecular flexibility index (Phi) is 2.64. The third kappa shape index (κ3) is 1.86. The molecule has 92 valence electrons. The van der Waals surface area contributed by atoms with Gasteiger partial charge in [-0.25, -0.2) is 4.79 Å². The van der Waals surface area contributed by atoms with Crippen LogP contribution in [0.3, 0.4) is 0 Å². The molecule has 0 aromatic heterocycles. The van der Waals surface area contributed by atoms with E-state index in [0.29, 0.717) is 0 Å². The Balaban J connectivity index is 1.88. The monoisotopic (exact) mass is 251 g/mol.